The minimum Gasteiger partial charge on any atom is -0.313 e. The van der Waals surface area contributed by atoms with Gasteiger partial charge in [-0.05, 0) is 29.9 Å². The van der Waals surface area contributed by atoms with Crippen molar-refractivity contribution < 1.29 is 8.78 Å². The molecule has 1 rings (SSSR count). The molecule has 0 aliphatic carbocycles. The van der Waals surface area contributed by atoms with E-state index in [0.29, 0.717) is 12.1 Å². The minimum absolute atomic E-state index is 0.469. The number of alkyl halides is 1. The molecule has 16 heavy (non-hydrogen) atoms. The van der Waals surface area contributed by atoms with Crippen molar-refractivity contribution in [3.05, 3.63) is 35.4 Å². The average molecular weight is 339 g/mol. The Morgan fingerprint density at radius 3 is 2.62 bits per heavy atom. The lowest BCUT2D eigenvalue weighted by Gasteiger charge is -2.05. The first-order chi connectivity index (χ1) is 7.74. The Hall–Kier alpha value is -0.230. The van der Waals surface area contributed by atoms with Crippen LogP contribution in [0.3, 0.4) is 0 Å². The molecule has 4 heteroatoms. The smallest absolute Gasteiger partial charge is 0.130 e. The summed E-state index contributed by atoms with van der Waals surface area (Å²) in [6, 6.07) is 3.70. The Labute approximate surface area is 109 Å². The van der Waals surface area contributed by atoms with Gasteiger partial charge in [0.15, 0.2) is 0 Å². The fraction of sp³-hybridized carbons (Fsp3) is 0.500. The molecular weight excluding hydrogens is 323 g/mol. The molecule has 1 aromatic carbocycles. The van der Waals surface area contributed by atoms with Gasteiger partial charge in [0.1, 0.15) is 11.6 Å². The van der Waals surface area contributed by atoms with Gasteiger partial charge < -0.3 is 5.32 Å². The highest BCUT2D eigenvalue weighted by Gasteiger charge is 2.02. The lowest BCUT2D eigenvalue weighted by atomic mass is 10.2. The maximum atomic E-state index is 13.2. The second-order valence-electron chi connectivity index (χ2n) is 3.66. The summed E-state index contributed by atoms with van der Waals surface area (Å²) in [6.45, 7) is 1.35. The minimum atomic E-state index is -0.525. The van der Waals surface area contributed by atoms with Gasteiger partial charge >= 0.3 is 0 Å². The van der Waals surface area contributed by atoms with Crippen molar-refractivity contribution in [1.82, 2.24) is 5.32 Å². The first-order valence-electron chi connectivity index (χ1n) is 5.44. The summed E-state index contributed by atoms with van der Waals surface area (Å²) in [7, 11) is 0. The number of rotatable bonds is 7. The van der Waals surface area contributed by atoms with Crippen LogP contribution >= 0.6 is 22.6 Å². The fourth-order valence-corrected chi connectivity index (χ4v) is 1.95. The number of nitrogens with one attached hydrogen (secondary N) is 1. The van der Waals surface area contributed by atoms with Crippen LogP contribution in [-0.2, 0) is 6.54 Å². The first kappa shape index (κ1) is 13.8. The van der Waals surface area contributed by atoms with E-state index in [9.17, 15) is 8.78 Å². The van der Waals surface area contributed by atoms with Crippen molar-refractivity contribution in [2.45, 2.75) is 25.8 Å². The van der Waals surface area contributed by atoms with Crippen molar-refractivity contribution in [2.24, 2.45) is 0 Å². The molecule has 1 aromatic rings. The molecule has 0 radical (unpaired) electrons. The maximum absolute atomic E-state index is 13.2. The molecule has 1 nitrogen and oxygen atoms in total. The van der Waals surface area contributed by atoms with Gasteiger partial charge in [0.05, 0.1) is 0 Å². The zero-order chi connectivity index (χ0) is 11.8. The Balaban J connectivity index is 2.21. The Kier molecular flexibility index (Phi) is 6.87. The van der Waals surface area contributed by atoms with Crippen LogP contribution in [0.15, 0.2) is 18.2 Å². The van der Waals surface area contributed by atoms with Gasteiger partial charge in [0.25, 0.3) is 0 Å². The standard InChI is InChI=1S/C12H16F2IN/c13-11-5-4-10(12(14)8-11)9-16-7-3-1-2-6-15/h4-5,8,16H,1-3,6-7,9H2. The highest BCUT2D eigenvalue weighted by Crippen LogP contribution is 2.09. The molecule has 1 N–H and O–H groups in total. The molecule has 0 unspecified atom stereocenters. The molecule has 0 bridgehead atoms. The van der Waals surface area contributed by atoms with Crippen molar-refractivity contribution in [3.8, 4) is 0 Å². The van der Waals surface area contributed by atoms with Gasteiger partial charge in [-0.15, -0.1) is 0 Å². The number of hydrogen-bond acceptors (Lipinski definition) is 1. The number of unbranched alkanes of at least 4 members (excludes halogenated alkanes) is 2. The molecule has 90 valence electrons. The number of benzene rings is 1. The van der Waals surface area contributed by atoms with E-state index in [0.717, 1.165) is 19.0 Å². The van der Waals surface area contributed by atoms with Crippen molar-refractivity contribution in [2.75, 3.05) is 11.0 Å². The summed E-state index contributed by atoms with van der Waals surface area (Å²) < 4.78 is 27.0. The second kappa shape index (κ2) is 7.95. The third-order valence-corrected chi connectivity index (χ3v) is 3.08. The number of hydrogen-bond donors (Lipinski definition) is 1. The summed E-state index contributed by atoms with van der Waals surface area (Å²) in [6.07, 6.45) is 3.53. The van der Waals surface area contributed by atoms with E-state index in [-0.39, 0.29) is 0 Å². The van der Waals surface area contributed by atoms with Gasteiger partial charge in [-0.2, -0.15) is 0 Å². The molecule has 0 spiro atoms. The van der Waals surface area contributed by atoms with Crippen LogP contribution in [0.2, 0.25) is 0 Å². The molecule has 0 atom stereocenters. The van der Waals surface area contributed by atoms with E-state index >= 15 is 0 Å². The van der Waals surface area contributed by atoms with Gasteiger partial charge in [-0.1, -0.05) is 35.1 Å². The summed E-state index contributed by atoms with van der Waals surface area (Å²) in [4.78, 5) is 0. The quantitative estimate of drug-likeness (QED) is 0.454. The number of halogens is 3. The molecule has 0 aliphatic heterocycles. The zero-order valence-corrected chi connectivity index (χ0v) is 11.3. The van der Waals surface area contributed by atoms with Crippen molar-refractivity contribution >= 4 is 22.6 Å². The van der Waals surface area contributed by atoms with Crippen LogP contribution < -0.4 is 5.32 Å². The summed E-state index contributed by atoms with van der Waals surface area (Å²) in [5.74, 6) is -0.997. The predicted octanol–water partition coefficient (Wildman–Crippen LogP) is 3.66. The third-order valence-electron chi connectivity index (χ3n) is 2.32. The summed E-state index contributed by atoms with van der Waals surface area (Å²) in [5, 5.41) is 3.16. The van der Waals surface area contributed by atoms with Crippen LogP contribution in [0.5, 0.6) is 0 Å². The fourth-order valence-electron chi connectivity index (χ4n) is 1.41. The van der Waals surface area contributed by atoms with Gasteiger partial charge in [-0.25, -0.2) is 8.78 Å². The largest absolute Gasteiger partial charge is 0.313 e. The molecule has 0 heterocycles. The highest BCUT2D eigenvalue weighted by molar-refractivity contribution is 14.1. The second-order valence-corrected chi connectivity index (χ2v) is 4.74. The topological polar surface area (TPSA) is 12.0 Å². The zero-order valence-electron chi connectivity index (χ0n) is 9.11. The van der Waals surface area contributed by atoms with Crippen LogP contribution in [0.1, 0.15) is 24.8 Å². The molecule has 0 aliphatic rings. The monoisotopic (exact) mass is 339 g/mol. The van der Waals surface area contributed by atoms with Gasteiger partial charge in [0.2, 0.25) is 0 Å². The molecule has 0 aromatic heterocycles. The first-order valence-corrected chi connectivity index (χ1v) is 6.97. The van der Waals surface area contributed by atoms with Gasteiger partial charge in [0, 0.05) is 18.2 Å². The van der Waals surface area contributed by atoms with E-state index in [2.05, 4.69) is 27.9 Å². The van der Waals surface area contributed by atoms with Crippen molar-refractivity contribution in [3.63, 3.8) is 0 Å². The van der Waals surface area contributed by atoms with E-state index in [1.54, 1.807) is 0 Å². The molecule has 0 fully saturated rings. The van der Waals surface area contributed by atoms with Crippen LogP contribution in [0, 0.1) is 11.6 Å². The van der Waals surface area contributed by atoms with Gasteiger partial charge in [-0.3, -0.25) is 0 Å². The normalized spacial score (nSPS) is 10.7. The molecule has 0 amide bonds. The average Bonchev–Trinajstić information content (AvgIpc) is 2.26. The summed E-state index contributed by atoms with van der Waals surface area (Å²) >= 11 is 2.36. The SMILES string of the molecule is Fc1ccc(CNCCCCCI)c(F)c1. The molecular formula is C12H16F2IN. The van der Waals surface area contributed by atoms with Crippen LogP contribution in [-0.4, -0.2) is 11.0 Å². The Morgan fingerprint density at radius 1 is 1.12 bits per heavy atom. The van der Waals surface area contributed by atoms with Crippen molar-refractivity contribution in [1.29, 1.82) is 0 Å². The Bertz CT molecular complexity index is 318. The summed E-state index contributed by atoms with van der Waals surface area (Å²) in [5.41, 5.74) is 0.523. The Morgan fingerprint density at radius 2 is 1.94 bits per heavy atom. The lowest BCUT2D eigenvalue weighted by Crippen LogP contribution is -2.15. The lowest BCUT2D eigenvalue weighted by molar-refractivity contribution is 0.554. The molecule has 0 saturated heterocycles. The predicted molar refractivity (Wildman–Crippen MR) is 70.8 cm³/mol. The maximum Gasteiger partial charge on any atom is 0.130 e. The van der Waals surface area contributed by atoms with Crippen LogP contribution in [0.25, 0.3) is 0 Å². The van der Waals surface area contributed by atoms with E-state index < -0.39 is 11.6 Å². The third kappa shape index (κ3) is 5.21. The van der Waals surface area contributed by atoms with Crippen LogP contribution in [0.4, 0.5) is 8.78 Å². The van der Waals surface area contributed by atoms with E-state index in [1.165, 1.54) is 29.4 Å². The highest BCUT2D eigenvalue weighted by atomic mass is 127. The van der Waals surface area contributed by atoms with E-state index in [4.69, 9.17) is 0 Å². The van der Waals surface area contributed by atoms with E-state index in [1.807, 2.05) is 0 Å². The molecule has 0 saturated carbocycles.